The van der Waals surface area contributed by atoms with Crippen molar-refractivity contribution in [3.8, 4) is 5.75 Å². The van der Waals surface area contributed by atoms with E-state index in [1.807, 2.05) is 6.07 Å². The third-order valence-electron chi connectivity index (χ3n) is 4.43. The summed E-state index contributed by atoms with van der Waals surface area (Å²) < 4.78 is 29.0. The van der Waals surface area contributed by atoms with Crippen LogP contribution in [0.1, 0.15) is 32.3 Å². The van der Waals surface area contributed by atoms with Gasteiger partial charge in [-0.1, -0.05) is 12.1 Å². The van der Waals surface area contributed by atoms with E-state index in [2.05, 4.69) is 35.4 Å². The number of hydrogen-bond donors (Lipinski definition) is 0. The lowest BCUT2D eigenvalue weighted by atomic mass is 9.96. The van der Waals surface area contributed by atoms with Gasteiger partial charge < -0.3 is 14.5 Å². The van der Waals surface area contributed by atoms with Crippen LogP contribution in [0.25, 0.3) is 0 Å². The summed E-state index contributed by atoms with van der Waals surface area (Å²) in [6, 6.07) is 7.59. The Hall–Kier alpha value is -1.20. The number of likely N-dealkylation sites (tertiary alicyclic amines) is 1. The molecule has 1 fully saturated rings. The average Bonchev–Trinajstić information content (AvgIpc) is 2.47. The summed E-state index contributed by atoms with van der Waals surface area (Å²) in [5, 5.41) is 0. The minimum atomic E-state index is -2.77. The number of halogens is 2. The quantitative estimate of drug-likeness (QED) is 0.757. The molecule has 0 saturated carbocycles. The first-order valence-electron chi connectivity index (χ1n) is 8.40. The van der Waals surface area contributed by atoms with Gasteiger partial charge in [-0.3, -0.25) is 0 Å². The highest BCUT2D eigenvalue weighted by Gasteiger charge is 2.22. The van der Waals surface area contributed by atoms with Gasteiger partial charge in [-0.2, -0.15) is 8.78 Å². The van der Waals surface area contributed by atoms with Gasteiger partial charge in [-0.15, -0.1) is 0 Å². The van der Waals surface area contributed by atoms with Crippen molar-refractivity contribution in [2.75, 3.05) is 26.7 Å². The predicted octanol–water partition coefficient (Wildman–Crippen LogP) is 3.84. The van der Waals surface area contributed by atoms with Crippen molar-refractivity contribution in [2.45, 2.75) is 45.9 Å². The molecule has 1 aliphatic rings. The molecule has 0 unspecified atom stereocenters. The van der Waals surface area contributed by atoms with Crippen LogP contribution in [-0.2, 0) is 6.54 Å². The van der Waals surface area contributed by atoms with Crippen LogP contribution < -0.4 is 4.74 Å². The van der Waals surface area contributed by atoms with E-state index in [1.54, 1.807) is 18.2 Å². The molecule has 1 aliphatic heterocycles. The SMILES string of the molecule is CC(C)N1CCC[C@@H](CN(C)Cc2cccc(OC(F)F)c2)C1. The van der Waals surface area contributed by atoms with Gasteiger partial charge in [-0.25, -0.2) is 0 Å². The van der Waals surface area contributed by atoms with Gasteiger partial charge >= 0.3 is 6.61 Å². The fourth-order valence-corrected chi connectivity index (χ4v) is 3.35. The van der Waals surface area contributed by atoms with Crippen LogP contribution in [0.4, 0.5) is 8.78 Å². The number of nitrogens with zero attached hydrogens (tertiary/aromatic N) is 2. The van der Waals surface area contributed by atoms with E-state index < -0.39 is 6.61 Å². The molecule has 1 saturated heterocycles. The minimum absolute atomic E-state index is 0.231. The smallest absolute Gasteiger partial charge is 0.387 e. The Balaban J connectivity index is 1.85. The number of hydrogen-bond acceptors (Lipinski definition) is 3. The van der Waals surface area contributed by atoms with Crippen LogP contribution in [0.5, 0.6) is 5.75 Å². The summed E-state index contributed by atoms with van der Waals surface area (Å²) in [6.07, 6.45) is 2.52. The van der Waals surface area contributed by atoms with Crippen LogP contribution in [0, 0.1) is 5.92 Å². The lowest BCUT2D eigenvalue weighted by Gasteiger charge is -2.37. The second-order valence-electron chi connectivity index (χ2n) is 6.82. The molecule has 1 heterocycles. The molecule has 0 N–H and O–H groups in total. The first kappa shape index (κ1) is 18.1. The van der Waals surface area contributed by atoms with Crippen molar-refractivity contribution in [1.29, 1.82) is 0 Å². The molecular weight excluding hydrogens is 298 g/mol. The van der Waals surface area contributed by atoms with Crippen LogP contribution in [0.3, 0.4) is 0 Å². The number of ether oxygens (including phenoxy) is 1. The maximum absolute atomic E-state index is 12.3. The normalized spacial score (nSPS) is 19.7. The standard InChI is InChI=1S/C18H28F2N2O/c1-14(2)22-9-5-7-16(13-22)12-21(3)11-15-6-4-8-17(10-15)23-18(19)20/h4,6,8,10,14,16,18H,5,7,9,11-13H2,1-3H3/t16-/m0/s1. The first-order chi connectivity index (χ1) is 10.9. The monoisotopic (exact) mass is 326 g/mol. The molecular formula is C18H28F2N2O. The zero-order chi connectivity index (χ0) is 16.8. The Labute approximate surface area is 138 Å². The van der Waals surface area contributed by atoms with Gasteiger partial charge in [0, 0.05) is 25.7 Å². The van der Waals surface area contributed by atoms with Gasteiger partial charge in [0.1, 0.15) is 5.75 Å². The van der Waals surface area contributed by atoms with Crippen LogP contribution in [0.15, 0.2) is 24.3 Å². The van der Waals surface area contributed by atoms with Crippen LogP contribution in [-0.4, -0.2) is 49.1 Å². The predicted molar refractivity (Wildman–Crippen MR) is 88.8 cm³/mol. The summed E-state index contributed by atoms with van der Waals surface area (Å²) >= 11 is 0. The molecule has 130 valence electrons. The lowest BCUT2D eigenvalue weighted by Crippen LogP contribution is -2.43. The first-order valence-corrected chi connectivity index (χ1v) is 8.40. The maximum Gasteiger partial charge on any atom is 0.387 e. The molecule has 5 heteroatoms. The minimum Gasteiger partial charge on any atom is -0.435 e. The number of alkyl halides is 2. The van der Waals surface area contributed by atoms with Gasteiger partial charge in [0.2, 0.25) is 0 Å². The van der Waals surface area contributed by atoms with Gasteiger partial charge in [0.05, 0.1) is 0 Å². The number of piperidine rings is 1. The van der Waals surface area contributed by atoms with Gasteiger partial charge in [0.25, 0.3) is 0 Å². The Kier molecular flexibility index (Phi) is 6.78. The Morgan fingerprint density at radius 2 is 2.13 bits per heavy atom. The van der Waals surface area contributed by atoms with Crippen molar-refractivity contribution in [1.82, 2.24) is 9.80 Å². The molecule has 0 bridgehead atoms. The van der Waals surface area contributed by atoms with E-state index in [9.17, 15) is 8.78 Å². The summed E-state index contributed by atoms with van der Waals surface area (Å²) in [6.45, 7) is 5.86. The molecule has 2 rings (SSSR count). The van der Waals surface area contributed by atoms with Crippen molar-refractivity contribution in [2.24, 2.45) is 5.92 Å². The third-order valence-corrected chi connectivity index (χ3v) is 4.43. The maximum atomic E-state index is 12.3. The summed E-state index contributed by atoms with van der Waals surface area (Å²) in [5.74, 6) is 0.909. The number of rotatable bonds is 7. The molecule has 0 aromatic heterocycles. The largest absolute Gasteiger partial charge is 0.435 e. The zero-order valence-electron chi connectivity index (χ0n) is 14.3. The summed E-state index contributed by atoms with van der Waals surface area (Å²) in [7, 11) is 2.09. The molecule has 1 atom stereocenters. The van der Waals surface area contributed by atoms with Crippen molar-refractivity contribution in [3.05, 3.63) is 29.8 Å². The molecule has 1 aromatic carbocycles. The molecule has 0 amide bonds. The second-order valence-corrected chi connectivity index (χ2v) is 6.82. The Morgan fingerprint density at radius 1 is 1.35 bits per heavy atom. The van der Waals surface area contributed by atoms with E-state index in [-0.39, 0.29) is 5.75 Å². The highest BCUT2D eigenvalue weighted by molar-refractivity contribution is 5.28. The highest BCUT2D eigenvalue weighted by atomic mass is 19.3. The van der Waals surface area contributed by atoms with Gasteiger partial charge in [0.15, 0.2) is 0 Å². The second kappa shape index (κ2) is 8.60. The van der Waals surface area contributed by atoms with Gasteiger partial charge in [-0.05, 0) is 63.9 Å². The summed E-state index contributed by atoms with van der Waals surface area (Å²) in [5.41, 5.74) is 1.00. The van der Waals surface area contributed by atoms with E-state index in [0.717, 1.165) is 25.2 Å². The van der Waals surface area contributed by atoms with Crippen molar-refractivity contribution >= 4 is 0 Å². The third kappa shape index (κ3) is 6.07. The summed E-state index contributed by atoms with van der Waals surface area (Å²) in [4.78, 5) is 4.81. The van der Waals surface area contributed by atoms with Crippen LogP contribution in [0.2, 0.25) is 0 Å². The lowest BCUT2D eigenvalue weighted by molar-refractivity contribution is -0.0499. The van der Waals surface area contributed by atoms with E-state index in [1.165, 1.54) is 19.4 Å². The fourth-order valence-electron chi connectivity index (χ4n) is 3.35. The Morgan fingerprint density at radius 3 is 2.83 bits per heavy atom. The van der Waals surface area contributed by atoms with Crippen LogP contribution >= 0.6 is 0 Å². The molecule has 0 aliphatic carbocycles. The van der Waals surface area contributed by atoms with Crippen molar-refractivity contribution in [3.63, 3.8) is 0 Å². The van der Waals surface area contributed by atoms with E-state index in [0.29, 0.717) is 12.0 Å². The average molecular weight is 326 g/mol. The number of benzene rings is 1. The fraction of sp³-hybridized carbons (Fsp3) is 0.667. The van der Waals surface area contributed by atoms with E-state index >= 15 is 0 Å². The highest BCUT2D eigenvalue weighted by Crippen LogP contribution is 2.21. The molecule has 3 nitrogen and oxygen atoms in total. The zero-order valence-corrected chi connectivity index (χ0v) is 14.3. The Bertz CT molecular complexity index is 482. The topological polar surface area (TPSA) is 15.7 Å². The molecule has 0 radical (unpaired) electrons. The van der Waals surface area contributed by atoms with E-state index in [4.69, 9.17) is 0 Å². The molecule has 1 aromatic rings. The molecule has 0 spiro atoms. The van der Waals surface area contributed by atoms with Crippen molar-refractivity contribution < 1.29 is 13.5 Å². The molecule has 23 heavy (non-hydrogen) atoms.